The molecule has 0 aromatic carbocycles. The van der Waals surface area contributed by atoms with E-state index >= 15 is 0 Å². The van der Waals surface area contributed by atoms with Gasteiger partial charge in [0.15, 0.2) is 0 Å². The van der Waals surface area contributed by atoms with Gasteiger partial charge in [-0.15, -0.1) is 0 Å². The zero-order valence-electron chi connectivity index (χ0n) is 8.36. The first-order chi connectivity index (χ1) is 7.25. The van der Waals surface area contributed by atoms with E-state index in [0.29, 0.717) is 0 Å². The maximum atomic E-state index is 12.7. The number of ether oxygens (including phenoxy) is 1. The summed E-state index contributed by atoms with van der Waals surface area (Å²) in [6.45, 7) is -0.232. The van der Waals surface area contributed by atoms with Crippen LogP contribution in [0.4, 0.5) is 8.78 Å². The number of hydrogen-bond donors (Lipinski definition) is 1. The fraction of sp³-hybridized carbons (Fsp3) is 0.875. The number of halogens is 2. The van der Waals surface area contributed by atoms with Crippen LogP contribution < -0.4 is 0 Å². The predicted octanol–water partition coefficient (Wildman–Crippen LogP) is 1.20. The zero-order valence-corrected chi connectivity index (χ0v) is 9.17. The molecule has 1 rings (SSSR count). The van der Waals surface area contributed by atoms with Gasteiger partial charge in [-0.05, 0) is 18.8 Å². The van der Waals surface area contributed by atoms with Gasteiger partial charge in [0.2, 0.25) is 0 Å². The molecule has 1 saturated carbocycles. The van der Waals surface area contributed by atoms with Gasteiger partial charge in [-0.25, -0.2) is 4.79 Å². The highest BCUT2D eigenvalue weighted by molar-refractivity contribution is 7.87. The fourth-order valence-electron chi connectivity index (χ4n) is 1.56. The normalized spacial score (nSPS) is 18.7. The summed E-state index contributed by atoms with van der Waals surface area (Å²) in [5.41, 5.74) is 0. The van der Waals surface area contributed by atoms with E-state index in [1.54, 1.807) is 0 Å². The van der Waals surface area contributed by atoms with E-state index in [-0.39, 0.29) is 12.5 Å². The summed E-state index contributed by atoms with van der Waals surface area (Å²) in [5.74, 6) is -2.22. The Balaban J connectivity index is 2.51. The molecule has 1 fully saturated rings. The van der Waals surface area contributed by atoms with Crippen molar-refractivity contribution in [3.8, 4) is 0 Å². The lowest BCUT2D eigenvalue weighted by Crippen LogP contribution is -2.39. The van der Waals surface area contributed by atoms with Gasteiger partial charge in [-0.3, -0.25) is 4.55 Å². The van der Waals surface area contributed by atoms with Crippen molar-refractivity contribution in [2.45, 2.75) is 30.9 Å². The summed E-state index contributed by atoms with van der Waals surface area (Å²) in [6.07, 6.45) is 3.42. The van der Waals surface area contributed by atoms with Crippen molar-refractivity contribution in [1.29, 1.82) is 0 Å². The van der Waals surface area contributed by atoms with E-state index in [9.17, 15) is 22.0 Å². The number of esters is 1. The van der Waals surface area contributed by atoms with Crippen molar-refractivity contribution in [3.63, 3.8) is 0 Å². The molecule has 0 atom stereocenters. The van der Waals surface area contributed by atoms with E-state index in [1.807, 2.05) is 0 Å². The van der Waals surface area contributed by atoms with Crippen LogP contribution in [0, 0.1) is 5.92 Å². The molecule has 0 bridgehead atoms. The summed E-state index contributed by atoms with van der Waals surface area (Å²) in [5, 5.41) is -4.88. The van der Waals surface area contributed by atoms with Crippen LogP contribution >= 0.6 is 0 Å². The van der Waals surface area contributed by atoms with Gasteiger partial charge in [-0.2, -0.15) is 17.2 Å². The van der Waals surface area contributed by atoms with Gasteiger partial charge in [0, 0.05) is 0 Å². The Kier molecular flexibility index (Phi) is 3.84. The molecule has 5 nitrogen and oxygen atoms in total. The molecular weight excluding hydrogens is 246 g/mol. The minimum atomic E-state index is -5.76. The highest BCUT2D eigenvalue weighted by Gasteiger charge is 2.54. The van der Waals surface area contributed by atoms with Crippen LogP contribution in [0.25, 0.3) is 0 Å². The summed E-state index contributed by atoms with van der Waals surface area (Å²) in [6, 6.07) is 0. The van der Waals surface area contributed by atoms with E-state index in [0.717, 1.165) is 25.7 Å². The molecule has 94 valence electrons. The molecular formula is C8H12F2O5S. The highest BCUT2D eigenvalue weighted by atomic mass is 32.2. The van der Waals surface area contributed by atoms with Gasteiger partial charge in [0.1, 0.15) is 0 Å². The molecule has 8 heteroatoms. The second kappa shape index (κ2) is 4.62. The largest absolute Gasteiger partial charge is 0.465 e. The number of hydrogen-bond acceptors (Lipinski definition) is 4. The van der Waals surface area contributed by atoms with Crippen LogP contribution in [0.3, 0.4) is 0 Å². The standard InChI is InChI=1S/C8H12F2O5S/c9-8(10,16(12,13)14)7(11)15-5-6-3-1-2-4-6/h6H,1-5H2,(H,12,13,14). The van der Waals surface area contributed by atoms with Gasteiger partial charge in [0.25, 0.3) is 0 Å². The lowest BCUT2D eigenvalue weighted by molar-refractivity contribution is -0.162. The summed E-state index contributed by atoms with van der Waals surface area (Å²) in [7, 11) is -5.76. The third-order valence-corrected chi connectivity index (χ3v) is 3.30. The van der Waals surface area contributed by atoms with Gasteiger partial charge in [-0.1, -0.05) is 12.8 Å². The molecule has 0 spiro atoms. The first-order valence-electron chi connectivity index (χ1n) is 4.77. The molecule has 0 heterocycles. The molecule has 1 N–H and O–H groups in total. The maximum absolute atomic E-state index is 12.7. The Labute approximate surface area is 91.5 Å². The van der Waals surface area contributed by atoms with Crippen molar-refractivity contribution in [3.05, 3.63) is 0 Å². The average Bonchev–Trinajstić information content (AvgIpc) is 2.64. The van der Waals surface area contributed by atoms with Crippen molar-refractivity contribution in [2.75, 3.05) is 6.61 Å². The lowest BCUT2D eigenvalue weighted by atomic mass is 10.1. The van der Waals surface area contributed by atoms with E-state index in [2.05, 4.69) is 4.74 Å². The van der Waals surface area contributed by atoms with Crippen LogP contribution in [0.1, 0.15) is 25.7 Å². The Morgan fingerprint density at radius 1 is 1.38 bits per heavy atom. The first kappa shape index (κ1) is 13.3. The van der Waals surface area contributed by atoms with Crippen LogP contribution in [0.15, 0.2) is 0 Å². The zero-order chi connectivity index (χ0) is 12.4. The second-order valence-electron chi connectivity index (χ2n) is 3.74. The summed E-state index contributed by atoms with van der Waals surface area (Å²) < 4.78 is 58.1. The summed E-state index contributed by atoms with van der Waals surface area (Å²) >= 11 is 0. The second-order valence-corrected chi connectivity index (χ2v) is 5.20. The van der Waals surface area contributed by atoms with Gasteiger partial charge >= 0.3 is 21.3 Å². The number of rotatable bonds is 4. The van der Waals surface area contributed by atoms with Crippen molar-refractivity contribution in [2.24, 2.45) is 5.92 Å². The lowest BCUT2D eigenvalue weighted by Gasteiger charge is -2.14. The predicted molar refractivity (Wildman–Crippen MR) is 49.4 cm³/mol. The molecule has 0 unspecified atom stereocenters. The van der Waals surface area contributed by atoms with Crippen LogP contribution in [0.2, 0.25) is 0 Å². The Morgan fingerprint density at radius 2 is 1.88 bits per heavy atom. The molecule has 0 saturated heterocycles. The molecule has 0 amide bonds. The van der Waals surface area contributed by atoms with E-state index in [4.69, 9.17) is 4.55 Å². The molecule has 0 aromatic heterocycles. The van der Waals surface area contributed by atoms with E-state index < -0.39 is 21.3 Å². The highest BCUT2D eigenvalue weighted by Crippen LogP contribution is 2.27. The fourth-order valence-corrected chi connectivity index (χ4v) is 1.83. The van der Waals surface area contributed by atoms with Gasteiger partial charge in [0.05, 0.1) is 6.61 Å². The number of carbonyl (C=O) groups is 1. The Morgan fingerprint density at radius 3 is 2.31 bits per heavy atom. The summed E-state index contributed by atoms with van der Waals surface area (Å²) in [4.78, 5) is 10.8. The molecule has 0 aromatic rings. The minimum Gasteiger partial charge on any atom is -0.460 e. The molecule has 0 aliphatic heterocycles. The average molecular weight is 258 g/mol. The molecule has 0 radical (unpaired) electrons. The van der Waals surface area contributed by atoms with Crippen LogP contribution in [-0.2, 0) is 19.6 Å². The van der Waals surface area contributed by atoms with Gasteiger partial charge < -0.3 is 4.74 Å². The maximum Gasteiger partial charge on any atom is 0.465 e. The van der Waals surface area contributed by atoms with Crippen molar-refractivity contribution < 1.29 is 31.3 Å². The quantitative estimate of drug-likeness (QED) is 0.605. The third-order valence-electron chi connectivity index (χ3n) is 2.49. The first-order valence-corrected chi connectivity index (χ1v) is 6.21. The Bertz CT molecular complexity index is 359. The smallest absolute Gasteiger partial charge is 0.460 e. The molecule has 16 heavy (non-hydrogen) atoms. The number of alkyl halides is 2. The van der Waals surface area contributed by atoms with Crippen molar-refractivity contribution >= 4 is 16.1 Å². The Hall–Kier alpha value is -0.760. The number of carbonyl (C=O) groups excluding carboxylic acids is 1. The van der Waals surface area contributed by atoms with E-state index in [1.165, 1.54) is 0 Å². The molecule has 1 aliphatic rings. The molecule has 1 aliphatic carbocycles. The topological polar surface area (TPSA) is 80.7 Å². The third kappa shape index (κ3) is 2.88. The van der Waals surface area contributed by atoms with Crippen LogP contribution in [-0.4, -0.2) is 30.8 Å². The SMILES string of the molecule is O=C(OCC1CCCC1)C(F)(F)S(=O)(=O)O. The van der Waals surface area contributed by atoms with Crippen molar-refractivity contribution in [1.82, 2.24) is 0 Å². The minimum absolute atomic E-state index is 0.00106. The van der Waals surface area contributed by atoms with Crippen LogP contribution in [0.5, 0.6) is 0 Å². The monoisotopic (exact) mass is 258 g/mol.